The maximum atomic E-state index is 15.0. The summed E-state index contributed by atoms with van der Waals surface area (Å²) in [7, 11) is 5.16. The highest BCUT2D eigenvalue weighted by molar-refractivity contribution is 14.1. The Morgan fingerprint density at radius 1 is 0.836 bits per heavy atom. The van der Waals surface area contributed by atoms with Crippen molar-refractivity contribution in [3.05, 3.63) is 113 Å². The van der Waals surface area contributed by atoms with Crippen LogP contribution in [0.3, 0.4) is 0 Å². The molecule has 5 N–H and O–H groups in total. The Balaban J connectivity index is 1.22. The highest BCUT2D eigenvalue weighted by Gasteiger charge is 2.20. The minimum absolute atomic E-state index is 0.0441. The summed E-state index contributed by atoms with van der Waals surface area (Å²) in [6.45, 7) is 3.65. The summed E-state index contributed by atoms with van der Waals surface area (Å²) in [6.07, 6.45) is -0.0883. The van der Waals surface area contributed by atoms with Crippen molar-refractivity contribution in [2.75, 3.05) is 58.0 Å². The predicted molar refractivity (Wildman–Crippen MR) is 214 cm³/mol. The van der Waals surface area contributed by atoms with Crippen LogP contribution in [0.1, 0.15) is 24.2 Å². The molecule has 0 aliphatic heterocycles. The van der Waals surface area contributed by atoms with E-state index in [9.17, 15) is 17.5 Å². The van der Waals surface area contributed by atoms with E-state index in [1.165, 1.54) is 61.7 Å². The SMILES string of the molecule is COc1cc(NCOc2cc(NNc3ccc(N(C)C)cc3OC(C)C)cc(F)c2N)ccc1C(=O)Oc1cc(F)c(-c2ccc(N([O-])I=O)cc2)c(F)c1. The Morgan fingerprint density at radius 2 is 1.51 bits per heavy atom. The first-order chi connectivity index (χ1) is 26.3. The van der Waals surface area contributed by atoms with E-state index in [1.807, 2.05) is 51.0 Å². The second-order valence-corrected chi connectivity index (χ2v) is 13.5. The quantitative estimate of drug-likeness (QED) is 0.0142. The number of nitrogens with one attached hydrogen (secondary N) is 3. The lowest BCUT2D eigenvalue weighted by atomic mass is 10.0. The first-order valence-corrected chi connectivity index (χ1v) is 18.3. The van der Waals surface area contributed by atoms with Gasteiger partial charge in [0, 0.05) is 67.6 Å². The molecular weight excluding hydrogens is 836 g/mol. The van der Waals surface area contributed by atoms with Gasteiger partial charge in [-0.25, -0.2) is 21.0 Å². The van der Waals surface area contributed by atoms with Crippen molar-refractivity contribution in [2.45, 2.75) is 20.0 Å². The highest BCUT2D eigenvalue weighted by atomic mass is 127. The van der Waals surface area contributed by atoms with E-state index in [1.54, 1.807) is 0 Å². The van der Waals surface area contributed by atoms with Crippen LogP contribution in [-0.2, 0) is 3.07 Å². The van der Waals surface area contributed by atoms with Crippen molar-refractivity contribution >= 4 is 61.6 Å². The third-order valence-electron chi connectivity index (χ3n) is 7.85. The zero-order valence-corrected chi connectivity index (χ0v) is 32.4. The number of esters is 1. The van der Waals surface area contributed by atoms with Gasteiger partial charge in [-0.2, -0.15) is 0 Å². The summed E-state index contributed by atoms with van der Waals surface area (Å²) in [4.78, 5) is 15.0. The molecule has 5 aromatic carbocycles. The average Bonchev–Trinajstić information content (AvgIpc) is 3.15. The molecule has 0 saturated carbocycles. The number of hydrogen-bond acceptors (Lipinski definition) is 12. The fourth-order valence-electron chi connectivity index (χ4n) is 5.17. The fourth-order valence-corrected chi connectivity index (χ4v) is 5.72. The first kappa shape index (κ1) is 40.2. The number of ether oxygens (including phenoxy) is 4. The van der Waals surface area contributed by atoms with Gasteiger partial charge in [-0.05, 0) is 55.8 Å². The summed E-state index contributed by atoms with van der Waals surface area (Å²) < 4.78 is 78.5. The molecule has 55 heavy (non-hydrogen) atoms. The summed E-state index contributed by atoms with van der Waals surface area (Å²) in [5.74, 6) is -3.40. The molecule has 0 saturated heterocycles. The molecule has 290 valence electrons. The Bertz CT molecular complexity index is 2150. The van der Waals surface area contributed by atoms with Crippen molar-refractivity contribution < 1.29 is 40.0 Å². The van der Waals surface area contributed by atoms with Crippen LogP contribution in [-0.4, -0.2) is 40.0 Å². The highest BCUT2D eigenvalue weighted by Crippen LogP contribution is 2.35. The second kappa shape index (κ2) is 17.9. The number of methoxy groups -OCH3 is 1. The maximum absolute atomic E-state index is 15.0. The summed E-state index contributed by atoms with van der Waals surface area (Å²) in [5, 5.41) is 14.5. The van der Waals surface area contributed by atoms with Crippen molar-refractivity contribution in [3.63, 3.8) is 0 Å². The van der Waals surface area contributed by atoms with Crippen molar-refractivity contribution in [1.29, 1.82) is 0 Å². The molecule has 0 fully saturated rings. The number of rotatable bonds is 16. The molecule has 0 amide bonds. The molecule has 5 aromatic rings. The van der Waals surface area contributed by atoms with Crippen molar-refractivity contribution in [3.8, 4) is 34.1 Å². The van der Waals surface area contributed by atoms with Crippen LogP contribution in [0.5, 0.6) is 23.0 Å². The van der Waals surface area contributed by atoms with Gasteiger partial charge in [-0.15, -0.1) is 0 Å². The molecule has 0 atom stereocenters. The van der Waals surface area contributed by atoms with Gasteiger partial charge >= 0.3 is 5.97 Å². The number of nitrogens with zero attached hydrogens (tertiary/aromatic N) is 2. The number of halogens is 4. The van der Waals surface area contributed by atoms with Crippen LogP contribution in [0.15, 0.2) is 84.9 Å². The Kier molecular flexibility index (Phi) is 13.1. The Hall–Kier alpha value is -5.95. The minimum atomic E-state index is -1.99. The monoisotopic (exact) mass is 873 g/mol. The van der Waals surface area contributed by atoms with E-state index >= 15 is 8.78 Å². The molecule has 0 aromatic heterocycles. The lowest BCUT2D eigenvalue weighted by molar-refractivity contribution is 0.0730. The lowest BCUT2D eigenvalue weighted by Crippen LogP contribution is -2.15. The largest absolute Gasteiger partial charge is 0.748 e. The van der Waals surface area contributed by atoms with Crippen LogP contribution < -0.4 is 49.0 Å². The van der Waals surface area contributed by atoms with Crippen LogP contribution in [0.25, 0.3) is 11.1 Å². The number of nitrogens with two attached hydrogens (primary N) is 1. The molecule has 0 spiro atoms. The van der Waals surface area contributed by atoms with Gasteiger partial charge in [0.2, 0.25) is 0 Å². The summed E-state index contributed by atoms with van der Waals surface area (Å²) in [6, 6.07) is 19.6. The zero-order valence-electron chi connectivity index (χ0n) is 30.2. The number of hydrogen-bond donors (Lipinski definition) is 4. The normalized spacial score (nSPS) is 10.8. The zero-order chi connectivity index (χ0) is 39.8. The first-order valence-electron chi connectivity index (χ1n) is 16.5. The molecule has 0 heterocycles. The van der Waals surface area contributed by atoms with Gasteiger partial charge in [-0.1, -0.05) is 12.1 Å². The standard InChI is InChI=1S/C38H37F3IN6O7/c1-21(2)54-34-17-26(47(3)4)11-13-32(34)46-45-24-14-31(41)37(43)35(16-24)53-20-44-23-8-12-28(33(15-23)52-5)38(49)55-27-18-29(39)36(30(40)19-27)22-6-9-25(10-7-22)48(51)42-50/h6-19,21,44-46H,20,43H2,1-5H3/q-1. The van der Waals surface area contributed by atoms with E-state index in [4.69, 9.17) is 24.7 Å². The minimum Gasteiger partial charge on any atom is -0.748 e. The molecule has 0 bridgehead atoms. The predicted octanol–water partition coefficient (Wildman–Crippen LogP) is 8.86. The van der Waals surface area contributed by atoms with E-state index in [2.05, 4.69) is 16.2 Å². The van der Waals surface area contributed by atoms with Gasteiger partial charge in [0.25, 0.3) is 21.5 Å². The van der Waals surface area contributed by atoms with Gasteiger partial charge in [-0.3, -0.25) is 5.43 Å². The third-order valence-corrected chi connectivity index (χ3v) is 8.77. The van der Waals surface area contributed by atoms with Crippen molar-refractivity contribution in [1.82, 2.24) is 0 Å². The van der Waals surface area contributed by atoms with E-state index in [-0.39, 0.29) is 46.8 Å². The third kappa shape index (κ3) is 9.98. The van der Waals surface area contributed by atoms with Crippen LogP contribution in [0.2, 0.25) is 0 Å². The molecule has 0 aliphatic carbocycles. The fraction of sp³-hybridized carbons (Fsp3) is 0.184. The van der Waals surface area contributed by atoms with E-state index in [0.29, 0.717) is 26.1 Å². The number of anilines is 6. The number of carbonyl (C=O) groups excluding carboxylic acids is 1. The van der Waals surface area contributed by atoms with E-state index in [0.717, 1.165) is 17.8 Å². The molecule has 17 heteroatoms. The van der Waals surface area contributed by atoms with Crippen LogP contribution in [0, 0.1) is 22.7 Å². The maximum Gasteiger partial charge on any atom is 0.347 e. The van der Waals surface area contributed by atoms with Crippen LogP contribution in [0.4, 0.5) is 47.3 Å². The van der Waals surface area contributed by atoms with Gasteiger partial charge < -0.3 is 48.8 Å². The molecule has 5 rings (SSSR count). The number of nitrogen functional groups attached to an aromatic ring is 1. The number of carbonyl (C=O) groups is 1. The summed E-state index contributed by atoms with van der Waals surface area (Å²) in [5.41, 5.74) is 13.8. The van der Waals surface area contributed by atoms with Crippen molar-refractivity contribution in [2.24, 2.45) is 0 Å². The number of benzene rings is 5. The van der Waals surface area contributed by atoms with Crippen LogP contribution >= 0.6 is 21.5 Å². The smallest absolute Gasteiger partial charge is 0.347 e. The lowest BCUT2D eigenvalue weighted by Gasteiger charge is -2.20. The van der Waals surface area contributed by atoms with Gasteiger partial charge in [0.1, 0.15) is 45.9 Å². The molecular formula is C38H37F3IN6O7-. The molecule has 0 radical (unpaired) electrons. The summed E-state index contributed by atoms with van der Waals surface area (Å²) >= 11 is -1.99. The molecule has 0 aliphatic rings. The van der Waals surface area contributed by atoms with E-state index < -0.39 is 56.2 Å². The molecule has 13 nitrogen and oxygen atoms in total. The van der Waals surface area contributed by atoms with Gasteiger partial charge in [0.15, 0.2) is 12.5 Å². The van der Waals surface area contributed by atoms with Gasteiger partial charge in [0.05, 0.1) is 30.2 Å². The second-order valence-electron chi connectivity index (χ2n) is 12.3. The number of hydrazine groups is 1. The topological polar surface area (TPSA) is 163 Å². The average molecular weight is 874 g/mol. The Labute approximate surface area is 325 Å². The Morgan fingerprint density at radius 3 is 2.15 bits per heavy atom. The molecule has 0 unspecified atom stereocenters.